The molecule has 0 bridgehead atoms. The summed E-state index contributed by atoms with van der Waals surface area (Å²) in [5.41, 5.74) is 1.67. The van der Waals surface area contributed by atoms with Gasteiger partial charge in [0.15, 0.2) is 6.61 Å². The van der Waals surface area contributed by atoms with E-state index in [1.54, 1.807) is 24.3 Å². The number of methoxy groups -OCH3 is 2. The molecule has 0 fully saturated rings. The van der Waals surface area contributed by atoms with Crippen LogP contribution in [0, 0.1) is 0 Å². The summed E-state index contributed by atoms with van der Waals surface area (Å²) in [5, 5.41) is 2.91. The fourth-order valence-electron chi connectivity index (χ4n) is 2.67. The average Bonchev–Trinajstić information content (AvgIpc) is 3.14. The lowest BCUT2D eigenvalue weighted by Crippen LogP contribution is -2.21. The Bertz CT molecular complexity index is 883. The van der Waals surface area contributed by atoms with Crippen molar-refractivity contribution in [1.82, 2.24) is 0 Å². The number of rotatable bonds is 6. The second-order valence-electron chi connectivity index (χ2n) is 5.73. The van der Waals surface area contributed by atoms with Crippen LogP contribution in [0.5, 0.6) is 17.2 Å². The summed E-state index contributed by atoms with van der Waals surface area (Å²) in [5.74, 6) is 0.452. The first-order chi connectivity index (χ1) is 13.0. The number of anilines is 1. The van der Waals surface area contributed by atoms with Gasteiger partial charge in [0.05, 0.1) is 37.1 Å². The number of fused-ring (bicyclic) bond motifs is 1. The predicted molar refractivity (Wildman–Crippen MR) is 99.1 cm³/mol. The number of halogens is 1. The maximum absolute atomic E-state index is 12.2. The number of ether oxygens (including phenoxy) is 4. The van der Waals surface area contributed by atoms with Gasteiger partial charge in [0.25, 0.3) is 5.91 Å². The maximum Gasteiger partial charge on any atom is 0.338 e. The summed E-state index contributed by atoms with van der Waals surface area (Å²) in [7, 11) is 2.93. The predicted octanol–water partition coefficient (Wildman–Crippen LogP) is 3.09. The Balaban J connectivity index is 1.61. The molecule has 2 aromatic carbocycles. The van der Waals surface area contributed by atoms with E-state index in [4.69, 9.17) is 30.5 Å². The fraction of sp³-hybridized carbons (Fsp3) is 0.263. The molecular weight excluding hydrogens is 374 g/mol. The van der Waals surface area contributed by atoms with E-state index in [0.29, 0.717) is 34.4 Å². The first kappa shape index (κ1) is 18.8. The number of hydrogen-bond donors (Lipinski definition) is 1. The van der Waals surface area contributed by atoms with Crippen LogP contribution < -0.4 is 19.5 Å². The zero-order chi connectivity index (χ0) is 19.4. The summed E-state index contributed by atoms with van der Waals surface area (Å²) in [6, 6.07) is 8.10. The van der Waals surface area contributed by atoms with E-state index in [1.165, 1.54) is 20.3 Å². The molecule has 27 heavy (non-hydrogen) atoms. The summed E-state index contributed by atoms with van der Waals surface area (Å²) in [6.45, 7) is 0.154. The molecule has 0 saturated carbocycles. The highest BCUT2D eigenvalue weighted by atomic mass is 35.5. The van der Waals surface area contributed by atoms with Crippen molar-refractivity contribution in [3.8, 4) is 17.2 Å². The molecular formula is C19H18ClNO6. The van der Waals surface area contributed by atoms with Crippen molar-refractivity contribution < 1.29 is 28.5 Å². The Morgan fingerprint density at radius 3 is 2.67 bits per heavy atom. The number of nitrogens with one attached hydrogen (secondary N) is 1. The van der Waals surface area contributed by atoms with Gasteiger partial charge in [0.2, 0.25) is 0 Å². The molecule has 0 aromatic heterocycles. The van der Waals surface area contributed by atoms with Gasteiger partial charge in [-0.1, -0.05) is 11.6 Å². The average molecular weight is 392 g/mol. The van der Waals surface area contributed by atoms with Crippen molar-refractivity contribution >= 4 is 29.2 Å². The van der Waals surface area contributed by atoms with E-state index < -0.39 is 18.5 Å². The quantitative estimate of drug-likeness (QED) is 0.762. The first-order valence-corrected chi connectivity index (χ1v) is 8.54. The molecule has 3 rings (SSSR count). The van der Waals surface area contributed by atoms with Crippen molar-refractivity contribution in [2.75, 3.05) is 32.8 Å². The summed E-state index contributed by atoms with van der Waals surface area (Å²) in [4.78, 5) is 24.3. The first-order valence-electron chi connectivity index (χ1n) is 8.16. The molecule has 8 heteroatoms. The maximum atomic E-state index is 12.2. The van der Waals surface area contributed by atoms with Gasteiger partial charge < -0.3 is 24.3 Å². The Kier molecular flexibility index (Phi) is 5.71. The monoisotopic (exact) mass is 391 g/mol. The third-order valence-electron chi connectivity index (χ3n) is 4.01. The van der Waals surface area contributed by atoms with Crippen molar-refractivity contribution in [3.05, 3.63) is 46.5 Å². The standard InChI is InChI=1S/C19H18ClNO6/c1-24-16-9-17(25-2)14(8-13(16)20)21-18(22)10-27-19(23)12-3-4-15-11(7-12)5-6-26-15/h3-4,7-9H,5-6,10H2,1-2H3,(H,21,22). The Labute approximate surface area is 161 Å². The lowest BCUT2D eigenvalue weighted by atomic mass is 10.1. The van der Waals surface area contributed by atoms with E-state index in [0.717, 1.165) is 17.7 Å². The normalized spacial score (nSPS) is 12.0. The molecule has 7 nitrogen and oxygen atoms in total. The Hall–Kier alpha value is -2.93. The van der Waals surface area contributed by atoms with Crippen LogP contribution in [-0.2, 0) is 16.0 Å². The lowest BCUT2D eigenvalue weighted by Gasteiger charge is -2.13. The molecule has 0 aliphatic carbocycles. The van der Waals surface area contributed by atoms with E-state index in [9.17, 15) is 9.59 Å². The Morgan fingerprint density at radius 2 is 1.93 bits per heavy atom. The van der Waals surface area contributed by atoms with Crippen LogP contribution in [0.4, 0.5) is 5.69 Å². The van der Waals surface area contributed by atoms with Gasteiger partial charge in [0, 0.05) is 12.5 Å². The van der Waals surface area contributed by atoms with Crippen LogP contribution in [-0.4, -0.2) is 39.3 Å². The Morgan fingerprint density at radius 1 is 1.15 bits per heavy atom. The van der Waals surface area contributed by atoms with Gasteiger partial charge in [-0.2, -0.15) is 0 Å². The minimum absolute atomic E-state index is 0.311. The smallest absolute Gasteiger partial charge is 0.338 e. The minimum atomic E-state index is -0.584. The molecule has 142 valence electrons. The second kappa shape index (κ2) is 8.18. The van der Waals surface area contributed by atoms with Crippen molar-refractivity contribution in [2.24, 2.45) is 0 Å². The van der Waals surface area contributed by atoms with Crippen LogP contribution in [0.2, 0.25) is 5.02 Å². The summed E-state index contributed by atoms with van der Waals surface area (Å²) < 4.78 is 20.8. The van der Waals surface area contributed by atoms with Crippen LogP contribution in [0.15, 0.2) is 30.3 Å². The van der Waals surface area contributed by atoms with Crippen LogP contribution >= 0.6 is 11.6 Å². The van der Waals surface area contributed by atoms with Gasteiger partial charge >= 0.3 is 5.97 Å². The van der Waals surface area contributed by atoms with Crippen LogP contribution in [0.1, 0.15) is 15.9 Å². The van der Waals surface area contributed by atoms with E-state index in [2.05, 4.69) is 5.32 Å². The summed E-state index contributed by atoms with van der Waals surface area (Å²) >= 11 is 6.07. The molecule has 0 saturated heterocycles. The third kappa shape index (κ3) is 4.25. The van der Waals surface area contributed by atoms with Gasteiger partial charge in [-0.3, -0.25) is 4.79 Å². The number of hydrogen-bond acceptors (Lipinski definition) is 6. The van der Waals surface area contributed by atoms with Crippen LogP contribution in [0.25, 0.3) is 0 Å². The van der Waals surface area contributed by atoms with E-state index in [1.807, 2.05) is 0 Å². The molecule has 0 spiro atoms. The fourth-order valence-corrected chi connectivity index (χ4v) is 2.91. The van der Waals surface area contributed by atoms with Crippen LogP contribution in [0.3, 0.4) is 0 Å². The second-order valence-corrected chi connectivity index (χ2v) is 6.14. The molecule has 2 aromatic rings. The molecule has 0 unspecified atom stereocenters. The van der Waals surface area contributed by atoms with Gasteiger partial charge in [-0.25, -0.2) is 4.79 Å². The van der Waals surface area contributed by atoms with Crippen molar-refractivity contribution in [2.45, 2.75) is 6.42 Å². The SMILES string of the molecule is COc1cc(OC)c(NC(=O)COC(=O)c2ccc3c(c2)CCO3)cc1Cl. The highest BCUT2D eigenvalue weighted by Gasteiger charge is 2.17. The number of benzene rings is 2. The molecule has 1 aliphatic heterocycles. The molecule has 1 N–H and O–H groups in total. The zero-order valence-electron chi connectivity index (χ0n) is 14.8. The van der Waals surface area contributed by atoms with E-state index in [-0.39, 0.29) is 0 Å². The van der Waals surface area contributed by atoms with E-state index >= 15 is 0 Å². The minimum Gasteiger partial charge on any atom is -0.495 e. The van der Waals surface area contributed by atoms with Gasteiger partial charge in [-0.05, 0) is 29.8 Å². The molecule has 0 atom stereocenters. The number of carbonyl (C=O) groups excluding carboxylic acids is 2. The molecule has 1 heterocycles. The lowest BCUT2D eigenvalue weighted by molar-refractivity contribution is -0.119. The highest BCUT2D eigenvalue weighted by Crippen LogP contribution is 2.35. The largest absolute Gasteiger partial charge is 0.495 e. The van der Waals surface area contributed by atoms with Crippen molar-refractivity contribution in [3.63, 3.8) is 0 Å². The summed E-state index contributed by atoms with van der Waals surface area (Å²) in [6.07, 6.45) is 0.745. The van der Waals surface area contributed by atoms with Gasteiger partial charge in [0.1, 0.15) is 17.2 Å². The third-order valence-corrected chi connectivity index (χ3v) is 4.30. The zero-order valence-corrected chi connectivity index (χ0v) is 15.6. The number of carbonyl (C=O) groups is 2. The number of amides is 1. The molecule has 1 amide bonds. The van der Waals surface area contributed by atoms with Gasteiger partial charge in [-0.15, -0.1) is 0 Å². The highest BCUT2D eigenvalue weighted by molar-refractivity contribution is 6.32. The topological polar surface area (TPSA) is 83.1 Å². The molecule has 0 radical (unpaired) electrons. The number of esters is 1. The molecule has 1 aliphatic rings. The van der Waals surface area contributed by atoms with Crippen molar-refractivity contribution in [1.29, 1.82) is 0 Å².